The monoisotopic (exact) mass is 364 g/mol. The van der Waals surface area contributed by atoms with Crippen molar-refractivity contribution in [3.05, 3.63) is 59.2 Å². The van der Waals surface area contributed by atoms with E-state index in [1.807, 2.05) is 6.07 Å². The summed E-state index contributed by atoms with van der Waals surface area (Å²) >= 11 is 0. The van der Waals surface area contributed by atoms with Gasteiger partial charge in [0.05, 0.1) is 6.61 Å². The molecule has 0 radical (unpaired) electrons. The number of anilines is 1. The maximum absolute atomic E-state index is 5.36. The average Bonchev–Trinajstić information content (AvgIpc) is 2.71. The molecule has 2 aliphatic heterocycles. The molecule has 0 aromatic heterocycles. The average molecular weight is 364 g/mol. The fourth-order valence-corrected chi connectivity index (χ4v) is 4.82. The lowest BCUT2D eigenvalue weighted by Gasteiger charge is -2.38. The van der Waals surface area contributed by atoms with E-state index in [1.54, 1.807) is 11.1 Å². The molecule has 0 amide bonds. The van der Waals surface area contributed by atoms with Crippen LogP contribution in [0.1, 0.15) is 35.4 Å². The topological polar surface area (TPSA) is 24.9 Å². The molecule has 0 unspecified atom stereocenters. The van der Waals surface area contributed by atoms with Crippen molar-refractivity contribution in [3.8, 4) is 5.75 Å². The minimum absolute atomic E-state index is 0.647. The van der Waals surface area contributed by atoms with Crippen LogP contribution >= 0.6 is 0 Å². The van der Waals surface area contributed by atoms with Crippen LogP contribution in [0, 0.1) is 0 Å². The smallest absolute Gasteiger partial charge is 0.170 e. The Bertz CT molecular complexity index is 799. The third-order valence-electron chi connectivity index (χ3n) is 6.39. The molecule has 0 saturated carbocycles. The van der Waals surface area contributed by atoms with E-state index in [-0.39, 0.29) is 0 Å². The molecule has 4 nitrogen and oxygen atoms in total. The van der Waals surface area contributed by atoms with Gasteiger partial charge < -0.3 is 9.79 Å². The summed E-state index contributed by atoms with van der Waals surface area (Å²) in [5.74, 6) is 1.70. The van der Waals surface area contributed by atoms with E-state index in [0.717, 1.165) is 44.3 Å². The summed E-state index contributed by atoms with van der Waals surface area (Å²) in [5, 5.41) is 0. The van der Waals surface area contributed by atoms with Crippen molar-refractivity contribution in [2.45, 2.75) is 31.6 Å². The molecule has 2 aromatic carbocycles. The van der Waals surface area contributed by atoms with Crippen molar-refractivity contribution in [2.75, 3.05) is 44.2 Å². The van der Waals surface area contributed by atoms with Crippen LogP contribution in [0.5, 0.6) is 5.75 Å². The zero-order valence-corrected chi connectivity index (χ0v) is 15.9. The second-order valence-electron chi connectivity index (χ2n) is 7.98. The first-order chi connectivity index (χ1) is 13.4. The fraction of sp³-hybridized carbons (Fsp3) is 0.478. The number of hydrogen-bond acceptors (Lipinski definition) is 4. The highest BCUT2D eigenvalue weighted by molar-refractivity contribution is 5.60. The molecule has 1 atom stereocenters. The van der Waals surface area contributed by atoms with Gasteiger partial charge in [0.15, 0.2) is 5.75 Å². The Kier molecular flexibility index (Phi) is 4.76. The van der Waals surface area contributed by atoms with Crippen LogP contribution in [0.15, 0.2) is 42.5 Å². The molecule has 1 aliphatic carbocycles. The van der Waals surface area contributed by atoms with Gasteiger partial charge in [-0.3, -0.25) is 4.90 Å². The molecule has 3 aliphatic rings. The zero-order chi connectivity index (χ0) is 18.1. The van der Waals surface area contributed by atoms with E-state index in [0.29, 0.717) is 6.61 Å². The maximum Gasteiger partial charge on any atom is 0.170 e. The Morgan fingerprint density at radius 1 is 0.963 bits per heavy atom. The number of nitrogens with zero attached hydrogens (tertiary/aromatic N) is 2. The largest absolute Gasteiger partial charge is 0.369 e. The Morgan fingerprint density at radius 2 is 1.85 bits per heavy atom. The Hall–Kier alpha value is -2.04. The molecule has 0 spiro atoms. The van der Waals surface area contributed by atoms with E-state index in [2.05, 4.69) is 46.2 Å². The van der Waals surface area contributed by atoms with Crippen LogP contribution in [0.2, 0.25) is 0 Å². The maximum atomic E-state index is 5.36. The Labute approximate surface area is 161 Å². The van der Waals surface area contributed by atoms with Gasteiger partial charge in [-0.2, -0.15) is 4.89 Å². The minimum atomic E-state index is 0.647. The van der Waals surface area contributed by atoms with Gasteiger partial charge in [0.1, 0.15) is 0 Å². The minimum Gasteiger partial charge on any atom is -0.369 e. The molecule has 1 fully saturated rings. The summed E-state index contributed by atoms with van der Waals surface area (Å²) in [6.45, 7) is 6.39. The fourth-order valence-electron chi connectivity index (χ4n) is 4.82. The van der Waals surface area contributed by atoms with E-state index >= 15 is 0 Å². The lowest BCUT2D eigenvalue weighted by Crippen LogP contribution is -2.47. The van der Waals surface area contributed by atoms with E-state index in [9.17, 15) is 0 Å². The van der Waals surface area contributed by atoms with Gasteiger partial charge in [0.25, 0.3) is 0 Å². The Balaban J connectivity index is 1.11. The van der Waals surface area contributed by atoms with Gasteiger partial charge in [-0.05, 0) is 55.0 Å². The first-order valence-corrected chi connectivity index (χ1v) is 10.3. The highest BCUT2D eigenvalue weighted by atomic mass is 17.2. The molecule has 0 N–H and O–H groups in total. The van der Waals surface area contributed by atoms with Crippen LogP contribution in [-0.2, 0) is 17.7 Å². The summed E-state index contributed by atoms with van der Waals surface area (Å²) in [7, 11) is 0. The van der Waals surface area contributed by atoms with Gasteiger partial charge in [-0.1, -0.05) is 30.3 Å². The van der Waals surface area contributed by atoms with Gasteiger partial charge in [-0.15, -0.1) is 0 Å². The van der Waals surface area contributed by atoms with Gasteiger partial charge in [-0.25, -0.2) is 0 Å². The van der Waals surface area contributed by atoms with E-state index < -0.39 is 0 Å². The molecule has 5 rings (SSSR count). The van der Waals surface area contributed by atoms with Crippen molar-refractivity contribution < 1.29 is 9.78 Å². The van der Waals surface area contributed by atoms with Crippen molar-refractivity contribution in [2.24, 2.45) is 0 Å². The van der Waals surface area contributed by atoms with Gasteiger partial charge in [0.2, 0.25) is 0 Å². The number of benzene rings is 2. The third kappa shape index (κ3) is 3.44. The highest BCUT2D eigenvalue weighted by Crippen LogP contribution is 2.38. The van der Waals surface area contributed by atoms with Gasteiger partial charge >= 0.3 is 0 Å². The van der Waals surface area contributed by atoms with E-state index in [4.69, 9.17) is 9.78 Å². The van der Waals surface area contributed by atoms with Gasteiger partial charge in [0, 0.05) is 43.9 Å². The summed E-state index contributed by atoms with van der Waals surface area (Å²) in [6, 6.07) is 15.3. The second-order valence-corrected chi connectivity index (χ2v) is 7.98. The summed E-state index contributed by atoms with van der Waals surface area (Å²) in [6.07, 6.45) is 4.87. The van der Waals surface area contributed by atoms with Crippen LogP contribution in [0.25, 0.3) is 0 Å². The van der Waals surface area contributed by atoms with Crippen molar-refractivity contribution in [3.63, 3.8) is 0 Å². The predicted molar refractivity (Wildman–Crippen MR) is 108 cm³/mol. The standard InChI is InChI=1S/C23H28N2O2/c1-2-7-20-18(5-1)17-19(20)6-4-11-24-12-14-25(15-13-24)22-8-3-9-23-21(22)10-16-26-27-23/h1-3,5,7-9,19H,4,6,10-17H2/t19-/m1/s1. The van der Waals surface area contributed by atoms with Crippen molar-refractivity contribution >= 4 is 5.69 Å². The molecular formula is C23H28N2O2. The molecule has 2 aromatic rings. The summed E-state index contributed by atoms with van der Waals surface area (Å²) in [4.78, 5) is 15.6. The molecule has 142 valence electrons. The second kappa shape index (κ2) is 7.53. The third-order valence-corrected chi connectivity index (χ3v) is 6.39. The highest BCUT2D eigenvalue weighted by Gasteiger charge is 2.26. The molecule has 1 saturated heterocycles. The van der Waals surface area contributed by atoms with Crippen LogP contribution < -0.4 is 9.79 Å². The molecule has 27 heavy (non-hydrogen) atoms. The van der Waals surface area contributed by atoms with Crippen LogP contribution in [-0.4, -0.2) is 44.2 Å². The molecule has 0 bridgehead atoms. The lowest BCUT2D eigenvalue weighted by atomic mass is 9.75. The van der Waals surface area contributed by atoms with Crippen LogP contribution in [0.4, 0.5) is 5.69 Å². The molecular weight excluding hydrogens is 336 g/mol. The zero-order valence-electron chi connectivity index (χ0n) is 15.9. The SMILES string of the molecule is c1ccc2c(c1)C[C@H]2CCCN1CCN(c2cccc3c2CCOO3)CC1. The predicted octanol–water partition coefficient (Wildman–Crippen LogP) is 3.80. The number of hydrogen-bond donors (Lipinski definition) is 0. The van der Waals surface area contributed by atoms with Crippen molar-refractivity contribution in [1.82, 2.24) is 4.90 Å². The van der Waals surface area contributed by atoms with Crippen LogP contribution in [0.3, 0.4) is 0 Å². The lowest BCUT2D eigenvalue weighted by molar-refractivity contribution is -0.215. The number of piperazine rings is 1. The number of rotatable bonds is 5. The molecule has 2 heterocycles. The molecule has 4 heteroatoms. The van der Waals surface area contributed by atoms with Crippen molar-refractivity contribution in [1.29, 1.82) is 0 Å². The Morgan fingerprint density at radius 3 is 2.74 bits per heavy atom. The number of fused-ring (bicyclic) bond motifs is 2. The summed E-state index contributed by atoms with van der Waals surface area (Å²) in [5.41, 5.74) is 5.81. The summed E-state index contributed by atoms with van der Waals surface area (Å²) < 4.78 is 0. The first kappa shape index (κ1) is 17.1. The normalized spacial score (nSPS) is 21.8. The first-order valence-electron chi connectivity index (χ1n) is 10.3. The van der Waals surface area contributed by atoms with E-state index in [1.165, 1.54) is 37.1 Å². The quantitative estimate of drug-likeness (QED) is 0.754.